The molecule has 1 aliphatic heterocycles. The van der Waals surface area contributed by atoms with Crippen LogP contribution in [0.1, 0.15) is 19.8 Å². The van der Waals surface area contributed by atoms with Gasteiger partial charge in [0.25, 0.3) is 0 Å². The summed E-state index contributed by atoms with van der Waals surface area (Å²) in [7, 11) is 0. The lowest BCUT2D eigenvalue weighted by atomic mass is 9.96. The summed E-state index contributed by atoms with van der Waals surface area (Å²) in [5.41, 5.74) is 4.99. The zero-order chi connectivity index (χ0) is 10.6. The molecule has 1 heterocycles. The van der Waals surface area contributed by atoms with Crippen LogP contribution in [0.15, 0.2) is 0 Å². The minimum Gasteiger partial charge on any atom is -0.479 e. The molecule has 14 heavy (non-hydrogen) atoms. The summed E-state index contributed by atoms with van der Waals surface area (Å²) in [6.45, 7) is 2.90. The van der Waals surface area contributed by atoms with E-state index in [0.717, 1.165) is 12.8 Å². The third-order valence-electron chi connectivity index (χ3n) is 2.43. The van der Waals surface area contributed by atoms with Crippen molar-refractivity contribution in [2.45, 2.75) is 31.5 Å². The lowest BCUT2D eigenvalue weighted by molar-refractivity contribution is -0.177. The van der Waals surface area contributed by atoms with Crippen LogP contribution in [0.5, 0.6) is 0 Å². The first-order valence-electron chi connectivity index (χ1n) is 4.78. The second kappa shape index (κ2) is 4.72. The molecule has 2 unspecified atom stereocenters. The fourth-order valence-corrected chi connectivity index (χ4v) is 1.55. The molecule has 1 saturated heterocycles. The molecular weight excluding hydrogens is 186 g/mol. The van der Waals surface area contributed by atoms with Gasteiger partial charge in [-0.3, -0.25) is 0 Å². The lowest BCUT2D eigenvalue weighted by Crippen LogP contribution is -2.50. The maximum absolute atomic E-state index is 10.6. The van der Waals surface area contributed by atoms with Gasteiger partial charge in [0.15, 0.2) is 6.10 Å². The van der Waals surface area contributed by atoms with E-state index in [1.165, 1.54) is 6.92 Å². The SMILES string of the molecule is CC(OC1(CN)CCCOC1)C(=O)O. The number of nitrogens with two attached hydrogens (primary N) is 1. The van der Waals surface area contributed by atoms with Crippen LogP contribution in [0, 0.1) is 0 Å². The first-order chi connectivity index (χ1) is 6.59. The van der Waals surface area contributed by atoms with Gasteiger partial charge in [-0.1, -0.05) is 0 Å². The first kappa shape index (κ1) is 11.4. The molecule has 0 aromatic heterocycles. The second-order valence-corrected chi connectivity index (χ2v) is 3.64. The van der Waals surface area contributed by atoms with Gasteiger partial charge in [-0.05, 0) is 19.8 Å². The van der Waals surface area contributed by atoms with E-state index in [1.807, 2.05) is 0 Å². The van der Waals surface area contributed by atoms with E-state index >= 15 is 0 Å². The van der Waals surface area contributed by atoms with Crippen molar-refractivity contribution < 1.29 is 19.4 Å². The zero-order valence-corrected chi connectivity index (χ0v) is 8.36. The van der Waals surface area contributed by atoms with Gasteiger partial charge >= 0.3 is 5.97 Å². The fourth-order valence-electron chi connectivity index (χ4n) is 1.55. The predicted octanol–water partition coefficient (Wildman–Crippen LogP) is -0.0160. The highest BCUT2D eigenvalue weighted by atomic mass is 16.6. The molecule has 0 aromatic rings. The third-order valence-corrected chi connectivity index (χ3v) is 2.43. The Labute approximate surface area is 83.2 Å². The fraction of sp³-hybridized carbons (Fsp3) is 0.889. The minimum atomic E-state index is -0.969. The van der Waals surface area contributed by atoms with E-state index in [1.54, 1.807) is 0 Å². The van der Waals surface area contributed by atoms with E-state index in [0.29, 0.717) is 19.8 Å². The van der Waals surface area contributed by atoms with Gasteiger partial charge in [-0.15, -0.1) is 0 Å². The standard InChI is InChI=1S/C9H17NO4/c1-7(8(11)12)14-9(5-10)3-2-4-13-6-9/h7H,2-6,10H2,1H3,(H,11,12). The molecule has 0 radical (unpaired) electrons. The number of ether oxygens (including phenoxy) is 2. The summed E-state index contributed by atoms with van der Waals surface area (Å²) in [4.78, 5) is 10.6. The van der Waals surface area contributed by atoms with Crippen LogP contribution in [0.3, 0.4) is 0 Å². The van der Waals surface area contributed by atoms with E-state index in [2.05, 4.69) is 0 Å². The number of rotatable bonds is 4. The summed E-state index contributed by atoms with van der Waals surface area (Å²) in [6, 6.07) is 0. The summed E-state index contributed by atoms with van der Waals surface area (Å²) in [5.74, 6) is -0.969. The zero-order valence-electron chi connectivity index (χ0n) is 8.36. The van der Waals surface area contributed by atoms with Crippen LogP contribution >= 0.6 is 0 Å². The van der Waals surface area contributed by atoms with E-state index < -0.39 is 17.7 Å². The quantitative estimate of drug-likeness (QED) is 0.671. The third kappa shape index (κ3) is 2.67. The lowest BCUT2D eigenvalue weighted by Gasteiger charge is -2.37. The average molecular weight is 203 g/mol. The van der Waals surface area contributed by atoms with Crippen LogP contribution in [0.25, 0.3) is 0 Å². The first-order valence-corrected chi connectivity index (χ1v) is 4.78. The number of hydrogen-bond acceptors (Lipinski definition) is 4. The van der Waals surface area contributed by atoms with Crippen molar-refractivity contribution in [3.8, 4) is 0 Å². The van der Waals surface area contributed by atoms with Crippen LogP contribution in [0.4, 0.5) is 0 Å². The van der Waals surface area contributed by atoms with Crippen LogP contribution in [-0.4, -0.2) is 42.5 Å². The van der Waals surface area contributed by atoms with E-state index in [9.17, 15) is 4.79 Å². The highest BCUT2D eigenvalue weighted by molar-refractivity contribution is 5.71. The maximum atomic E-state index is 10.6. The molecule has 1 aliphatic rings. The van der Waals surface area contributed by atoms with Crippen molar-refractivity contribution in [3.63, 3.8) is 0 Å². The largest absolute Gasteiger partial charge is 0.479 e. The Morgan fingerprint density at radius 2 is 2.50 bits per heavy atom. The number of carboxylic acids is 1. The van der Waals surface area contributed by atoms with Crippen LogP contribution in [-0.2, 0) is 14.3 Å². The monoisotopic (exact) mass is 203 g/mol. The van der Waals surface area contributed by atoms with Crippen molar-refractivity contribution >= 4 is 5.97 Å². The molecular formula is C9H17NO4. The molecule has 1 rings (SSSR count). The molecule has 5 nitrogen and oxygen atoms in total. The van der Waals surface area contributed by atoms with Crippen molar-refractivity contribution in [3.05, 3.63) is 0 Å². The van der Waals surface area contributed by atoms with Gasteiger partial charge in [0.2, 0.25) is 0 Å². The Balaban J connectivity index is 2.55. The van der Waals surface area contributed by atoms with Gasteiger partial charge in [0, 0.05) is 13.2 Å². The normalized spacial score (nSPS) is 29.9. The minimum absolute atomic E-state index is 0.296. The predicted molar refractivity (Wildman–Crippen MR) is 50.0 cm³/mol. The Morgan fingerprint density at radius 1 is 1.79 bits per heavy atom. The van der Waals surface area contributed by atoms with E-state index in [4.69, 9.17) is 20.3 Å². The molecule has 2 atom stereocenters. The number of hydrogen-bond donors (Lipinski definition) is 2. The smallest absolute Gasteiger partial charge is 0.332 e. The second-order valence-electron chi connectivity index (χ2n) is 3.64. The number of carbonyl (C=O) groups is 1. The highest BCUT2D eigenvalue weighted by Gasteiger charge is 2.35. The molecule has 1 fully saturated rings. The molecule has 0 aromatic carbocycles. The summed E-state index contributed by atoms with van der Waals surface area (Å²) < 4.78 is 10.7. The molecule has 0 saturated carbocycles. The number of aliphatic carboxylic acids is 1. The van der Waals surface area contributed by atoms with Gasteiger partial charge in [-0.2, -0.15) is 0 Å². The summed E-state index contributed by atoms with van der Waals surface area (Å²) in [6.07, 6.45) is 0.797. The van der Waals surface area contributed by atoms with E-state index in [-0.39, 0.29) is 0 Å². The molecule has 0 amide bonds. The Bertz CT molecular complexity index is 201. The highest BCUT2D eigenvalue weighted by Crippen LogP contribution is 2.23. The van der Waals surface area contributed by atoms with Crippen LogP contribution in [0.2, 0.25) is 0 Å². The molecule has 0 aliphatic carbocycles. The molecule has 0 spiro atoms. The Morgan fingerprint density at radius 3 is 2.93 bits per heavy atom. The Hall–Kier alpha value is -0.650. The van der Waals surface area contributed by atoms with Crippen molar-refractivity contribution in [1.29, 1.82) is 0 Å². The Kier molecular flexibility index (Phi) is 3.86. The molecule has 82 valence electrons. The van der Waals surface area contributed by atoms with Crippen molar-refractivity contribution in [2.24, 2.45) is 5.73 Å². The van der Waals surface area contributed by atoms with Gasteiger partial charge in [-0.25, -0.2) is 4.79 Å². The van der Waals surface area contributed by atoms with Crippen molar-refractivity contribution in [2.75, 3.05) is 19.8 Å². The van der Waals surface area contributed by atoms with Crippen LogP contribution < -0.4 is 5.73 Å². The van der Waals surface area contributed by atoms with Gasteiger partial charge < -0.3 is 20.3 Å². The summed E-state index contributed by atoms with van der Waals surface area (Å²) in [5, 5.41) is 8.72. The maximum Gasteiger partial charge on any atom is 0.332 e. The van der Waals surface area contributed by atoms with Crippen molar-refractivity contribution in [1.82, 2.24) is 0 Å². The number of carboxylic acid groups (broad SMARTS) is 1. The van der Waals surface area contributed by atoms with Gasteiger partial charge in [0.05, 0.1) is 6.61 Å². The molecule has 0 bridgehead atoms. The average Bonchev–Trinajstić information content (AvgIpc) is 2.19. The topological polar surface area (TPSA) is 81.8 Å². The summed E-state index contributed by atoms with van der Waals surface area (Å²) >= 11 is 0. The van der Waals surface area contributed by atoms with Gasteiger partial charge in [0.1, 0.15) is 5.60 Å². The molecule has 5 heteroatoms. The molecule has 3 N–H and O–H groups in total.